The fraction of sp³-hybridized carbons (Fsp3) is 0. The van der Waals surface area contributed by atoms with Gasteiger partial charge in [-0.15, -0.1) is 11.3 Å². The first-order valence-electron chi connectivity index (χ1n) is 9.41. The summed E-state index contributed by atoms with van der Waals surface area (Å²) in [5.74, 6) is -1.68. The lowest BCUT2D eigenvalue weighted by Crippen LogP contribution is -2.41. The van der Waals surface area contributed by atoms with Crippen molar-refractivity contribution < 1.29 is 23.2 Å². The molecule has 0 saturated heterocycles. The number of nitrogens with one attached hydrogen (secondary N) is 3. The highest BCUT2D eigenvalue weighted by molar-refractivity contribution is 7.17. The van der Waals surface area contributed by atoms with Crippen LogP contribution < -0.4 is 16.2 Å². The van der Waals surface area contributed by atoms with E-state index in [1.807, 2.05) is 0 Å². The van der Waals surface area contributed by atoms with Crippen LogP contribution in [0.3, 0.4) is 0 Å². The molecule has 9 heteroatoms. The summed E-state index contributed by atoms with van der Waals surface area (Å²) in [5.41, 5.74) is 6.13. The van der Waals surface area contributed by atoms with Crippen molar-refractivity contribution in [2.24, 2.45) is 0 Å². The Hall–Kier alpha value is -4.24. The first kappa shape index (κ1) is 21.0. The monoisotopic (exact) mass is 449 g/mol. The molecular formula is C23H16FN3O4S. The number of halogens is 1. The summed E-state index contributed by atoms with van der Waals surface area (Å²) in [5, 5.41) is 2.63. The van der Waals surface area contributed by atoms with Gasteiger partial charge >= 0.3 is 0 Å². The van der Waals surface area contributed by atoms with Gasteiger partial charge in [0.05, 0.1) is 11.1 Å². The van der Waals surface area contributed by atoms with Gasteiger partial charge in [-0.3, -0.25) is 25.2 Å². The molecule has 0 aliphatic rings. The van der Waals surface area contributed by atoms with Crippen LogP contribution in [-0.4, -0.2) is 17.7 Å². The van der Waals surface area contributed by atoms with E-state index in [-0.39, 0.29) is 17.1 Å². The second-order valence-electron chi connectivity index (χ2n) is 6.59. The first-order chi connectivity index (χ1) is 15.5. The van der Waals surface area contributed by atoms with Crippen LogP contribution in [0, 0.1) is 5.82 Å². The van der Waals surface area contributed by atoms with E-state index in [9.17, 15) is 18.8 Å². The summed E-state index contributed by atoms with van der Waals surface area (Å²) in [6, 6.07) is 18.7. The number of rotatable bonds is 5. The maximum Gasteiger partial charge on any atom is 0.291 e. The van der Waals surface area contributed by atoms with Crippen LogP contribution in [0.4, 0.5) is 10.1 Å². The molecule has 0 spiro atoms. The Bertz CT molecular complexity index is 1270. The average molecular weight is 449 g/mol. The number of hydrazine groups is 1. The quantitative estimate of drug-likeness (QED) is 0.391. The summed E-state index contributed by atoms with van der Waals surface area (Å²) in [6.45, 7) is 0. The van der Waals surface area contributed by atoms with Crippen LogP contribution in [-0.2, 0) is 0 Å². The molecule has 2 aromatic heterocycles. The summed E-state index contributed by atoms with van der Waals surface area (Å²) < 4.78 is 18.1. The number of hydrogen-bond donors (Lipinski definition) is 3. The van der Waals surface area contributed by atoms with E-state index < -0.39 is 17.7 Å². The number of carbonyl (C=O) groups excluding carboxylic acids is 3. The lowest BCUT2D eigenvalue weighted by atomic mass is 10.2. The van der Waals surface area contributed by atoms with Crippen molar-refractivity contribution in [1.29, 1.82) is 0 Å². The molecule has 160 valence electrons. The molecule has 0 aliphatic carbocycles. The van der Waals surface area contributed by atoms with E-state index in [4.69, 9.17) is 4.42 Å². The lowest BCUT2D eigenvalue weighted by molar-refractivity contribution is 0.0849. The summed E-state index contributed by atoms with van der Waals surface area (Å²) in [4.78, 5) is 38.0. The minimum Gasteiger partial charge on any atom is -0.459 e. The predicted octanol–water partition coefficient (Wildman–Crippen LogP) is 4.47. The normalized spacial score (nSPS) is 10.4. The van der Waals surface area contributed by atoms with Crippen molar-refractivity contribution in [1.82, 2.24) is 10.9 Å². The van der Waals surface area contributed by atoms with Gasteiger partial charge < -0.3 is 9.73 Å². The Morgan fingerprint density at radius 3 is 2.34 bits per heavy atom. The molecule has 0 saturated carbocycles. The van der Waals surface area contributed by atoms with E-state index >= 15 is 0 Å². The Labute approximate surface area is 185 Å². The molecule has 7 nitrogen and oxygen atoms in total. The SMILES string of the molecule is O=C(NNC(=O)c1ccc(-c2ccc(F)cc2)s1)c1cccc(NC(=O)c2ccco2)c1. The van der Waals surface area contributed by atoms with E-state index in [0.29, 0.717) is 10.6 Å². The highest BCUT2D eigenvalue weighted by Crippen LogP contribution is 2.28. The zero-order valence-corrected chi connectivity index (χ0v) is 17.2. The molecule has 0 radical (unpaired) electrons. The van der Waals surface area contributed by atoms with Gasteiger partial charge in [0.25, 0.3) is 17.7 Å². The van der Waals surface area contributed by atoms with Gasteiger partial charge in [0, 0.05) is 16.1 Å². The van der Waals surface area contributed by atoms with Crippen molar-refractivity contribution in [2.45, 2.75) is 0 Å². The molecule has 0 fully saturated rings. The molecule has 0 aliphatic heterocycles. The van der Waals surface area contributed by atoms with Gasteiger partial charge in [-0.05, 0) is 60.2 Å². The van der Waals surface area contributed by atoms with Gasteiger partial charge in [-0.25, -0.2) is 4.39 Å². The third kappa shape index (κ3) is 4.90. The number of hydrogen-bond acceptors (Lipinski definition) is 5. The van der Waals surface area contributed by atoms with Gasteiger partial charge in [0.2, 0.25) is 0 Å². The summed E-state index contributed by atoms with van der Waals surface area (Å²) in [7, 11) is 0. The fourth-order valence-corrected chi connectivity index (χ4v) is 3.72. The highest BCUT2D eigenvalue weighted by Gasteiger charge is 2.14. The molecule has 4 aromatic rings. The van der Waals surface area contributed by atoms with Gasteiger partial charge in [0.15, 0.2) is 5.76 Å². The van der Waals surface area contributed by atoms with Crippen LogP contribution >= 0.6 is 11.3 Å². The maximum absolute atomic E-state index is 13.1. The van der Waals surface area contributed by atoms with E-state index in [1.54, 1.807) is 48.5 Å². The van der Waals surface area contributed by atoms with Gasteiger partial charge in [-0.1, -0.05) is 18.2 Å². The number of benzene rings is 2. The zero-order chi connectivity index (χ0) is 22.5. The topological polar surface area (TPSA) is 100 Å². The van der Waals surface area contributed by atoms with Gasteiger partial charge in [-0.2, -0.15) is 0 Å². The molecular weight excluding hydrogens is 433 g/mol. The van der Waals surface area contributed by atoms with Crippen LogP contribution in [0.2, 0.25) is 0 Å². The average Bonchev–Trinajstić information content (AvgIpc) is 3.50. The van der Waals surface area contributed by atoms with E-state index in [2.05, 4.69) is 16.2 Å². The summed E-state index contributed by atoms with van der Waals surface area (Å²) >= 11 is 1.21. The van der Waals surface area contributed by atoms with Crippen molar-refractivity contribution in [2.75, 3.05) is 5.32 Å². The predicted molar refractivity (Wildman–Crippen MR) is 118 cm³/mol. The molecule has 0 bridgehead atoms. The van der Waals surface area contributed by atoms with Crippen LogP contribution in [0.15, 0.2) is 83.5 Å². The fourth-order valence-electron chi connectivity index (χ4n) is 2.82. The number of amides is 3. The van der Waals surface area contributed by atoms with Crippen molar-refractivity contribution in [3.63, 3.8) is 0 Å². The molecule has 0 unspecified atom stereocenters. The smallest absolute Gasteiger partial charge is 0.291 e. The maximum atomic E-state index is 13.1. The molecule has 4 rings (SSSR count). The second kappa shape index (κ2) is 9.27. The molecule has 2 aromatic carbocycles. The Morgan fingerprint density at radius 1 is 0.812 bits per heavy atom. The number of thiophene rings is 1. The largest absolute Gasteiger partial charge is 0.459 e. The van der Waals surface area contributed by atoms with E-state index in [1.165, 1.54) is 41.9 Å². The standard InChI is InChI=1S/C23H16FN3O4S/c24-16-8-6-14(7-9-16)19-10-11-20(32-19)23(30)27-26-21(28)15-3-1-4-17(13-15)25-22(29)18-5-2-12-31-18/h1-13H,(H,25,29)(H,26,28)(H,27,30). The minimum atomic E-state index is -0.553. The Morgan fingerprint density at radius 2 is 1.59 bits per heavy atom. The first-order valence-corrected chi connectivity index (χ1v) is 10.2. The summed E-state index contributed by atoms with van der Waals surface area (Å²) in [6.07, 6.45) is 1.39. The van der Waals surface area contributed by atoms with Crippen molar-refractivity contribution in [3.05, 3.63) is 101 Å². The van der Waals surface area contributed by atoms with Crippen molar-refractivity contribution in [3.8, 4) is 10.4 Å². The Balaban J connectivity index is 1.36. The third-order valence-corrected chi connectivity index (χ3v) is 5.51. The number of furan rings is 1. The van der Waals surface area contributed by atoms with Crippen LogP contribution in [0.5, 0.6) is 0 Å². The van der Waals surface area contributed by atoms with Crippen molar-refractivity contribution >= 4 is 34.7 Å². The molecule has 32 heavy (non-hydrogen) atoms. The molecule has 2 heterocycles. The van der Waals surface area contributed by atoms with Gasteiger partial charge in [0.1, 0.15) is 5.82 Å². The van der Waals surface area contributed by atoms with E-state index in [0.717, 1.165) is 10.4 Å². The third-order valence-electron chi connectivity index (χ3n) is 4.38. The number of anilines is 1. The minimum absolute atomic E-state index is 0.142. The Kier molecular flexibility index (Phi) is 6.09. The molecule has 0 atom stereocenters. The number of carbonyl (C=O) groups is 3. The molecule has 3 amide bonds. The highest BCUT2D eigenvalue weighted by atomic mass is 32.1. The second-order valence-corrected chi connectivity index (χ2v) is 7.68. The molecule has 3 N–H and O–H groups in total. The zero-order valence-electron chi connectivity index (χ0n) is 16.4. The van der Waals surface area contributed by atoms with Crippen LogP contribution in [0.1, 0.15) is 30.6 Å². The lowest BCUT2D eigenvalue weighted by Gasteiger charge is -2.08. The van der Waals surface area contributed by atoms with Crippen LogP contribution in [0.25, 0.3) is 10.4 Å².